The monoisotopic (exact) mass is 152 g/mol. The van der Waals surface area contributed by atoms with Crippen LogP contribution in [0.5, 0.6) is 0 Å². The maximum atomic E-state index is 5.80. The van der Waals surface area contributed by atoms with Gasteiger partial charge in [0.2, 0.25) is 0 Å². The van der Waals surface area contributed by atoms with Gasteiger partial charge in [-0.05, 0) is 12.1 Å². The zero-order chi connectivity index (χ0) is 6.97. The lowest BCUT2D eigenvalue weighted by molar-refractivity contribution is 0.616. The molecule has 0 bridgehead atoms. The van der Waals surface area contributed by atoms with E-state index in [0.29, 0.717) is 5.02 Å². The minimum atomic E-state index is 0.669. The maximum absolute atomic E-state index is 5.80. The highest BCUT2D eigenvalue weighted by atomic mass is 35.5. The van der Waals surface area contributed by atoms with E-state index in [1.54, 1.807) is 6.26 Å². The van der Waals surface area contributed by atoms with Crippen molar-refractivity contribution in [3.05, 3.63) is 35.6 Å². The second-order valence-corrected chi connectivity index (χ2v) is 2.49. The van der Waals surface area contributed by atoms with Gasteiger partial charge in [0.05, 0.1) is 11.3 Å². The fraction of sp³-hybridized carbons (Fsp3) is 0. The van der Waals surface area contributed by atoms with E-state index in [1.807, 2.05) is 24.3 Å². The quantitative estimate of drug-likeness (QED) is 0.566. The normalized spacial score (nSPS) is 10.5. The van der Waals surface area contributed by atoms with E-state index in [9.17, 15) is 0 Å². The highest BCUT2D eigenvalue weighted by Crippen LogP contribution is 2.23. The number of fused-ring (bicyclic) bond motifs is 1. The molecule has 0 atom stereocenters. The number of furan rings is 1. The lowest BCUT2D eigenvalue weighted by Gasteiger charge is -1.88. The summed E-state index contributed by atoms with van der Waals surface area (Å²) in [4.78, 5) is 0. The minimum Gasteiger partial charge on any atom is -0.463 e. The van der Waals surface area contributed by atoms with Crippen LogP contribution in [0.3, 0.4) is 0 Å². The summed E-state index contributed by atoms with van der Waals surface area (Å²) in [6.07, 6.45) is 1.64. The molecule has 0 aliphatic rings. The standard InChI is InChI=1S/C8H5ClO/c9-7-3-1-2-6-4-5-10-8(6)7/h1-5H. The number of benzene rings is 1. The molecule has 2 aromatic rings. The molecule has 0 aliphatic heterocycles. The molecule has 0 N–H and O–H groups in total. The molecule has 0 fully saturated rings. The molecule has 1 heterocycles. The highest BCUT2D eigenvalue weighted by Gasteiger charge is 1.98. The van der Waals surface area contributed by atoms with Gasteiger partial charge in [-0.2, -0.15) is 0 Å². The number of rotatable bonds is 0. The third-order valence-electron chi connectivity index (χ3n) is 1.43. The first kappa shape index (κ1) is 5.81. The molecule has 1 aromatic heterocycles. The summed E-state index contributed by atoms with van der Waals surface area (Å²) in [6, 6.07) is 7.57. The van der Waals surface area contributed by atoms with Crippen molar-refractivity contribution in [2.75, 3.05) is 0 Å². The highest BCUT2D eigenvalue weighted by molar-refractivity contribution is 6.34. The zero-order valence-electron chi connectivity index (χ0n) is 5.17. The summed E-state index contributed by atoms with van der Waals surface area (Å²) < 4.78 is 5.12. The molecule has 0 radical (unpaired) electrons. The number of hydrogen-bond donors (Lipinski definition) is 0. The van der Waals surface area contributed by atoms with E-state index < -0.39 is 0 Å². The zero-order valence-corrected chi connectivity index (χ0v) is 5.93. The molecule has 50 valence electrons. The van der Waals surface area contributed by atoms with Gasteiger partial charge in [0, 0.05) is 5.39 Å². The summed E-state index contributed by atoms with van der Waals surface area (Å²) in [6.45, 7) is 0. The van der Waals surface area contributed by atoms with Crippen molar-refractivity contribution < 1.29 is 4.42 Å². The largest absolute Gasteiger partial charge is 0.463 e. The van der Waals surface area contributed by atoms with E-state index in [1.165, 1.54) is 0 Å². The molecule has 1 nitrogen and oxygen atoms in total. The predicted octanol–water partition coefficient (Wildman–Crippen LogP) is 3.09. The molecule has 2 heteroatoms. The first-order valence-electron chi connectivity index (χ1n) is 2.99. The summed E-state index contributed by atoms with van der Waals surface area (Å²) in [7, 11) is 0. The molecular weight excluding hydrogens is 148 g/mol. The predicted molar refractivity (Wildman–Crippen MR) is 41.2 cm³/mol. The van der Waals surface area contributed by atoms with Crippen LogP contribution in [0.1, 0.15) is 0 Å². The first-order chi connectivity index (χ1) is 4.88. The van der Waals surface area contributed by atoms with Crippen LogP contribution in [-0.2, 0) is 0 Å². The van der Waals surface area contributed by atoms with Crippen LogP contribution in [0, 0.1) is 0 Å². The van der Waals surface area contributed by atoms with Crippen molar-refractivity contribution in [2.24, 2.45) is 0 Å². The van der Waals surface area contributed by atoms with Crippen LogP contribution in [0.2, 0.25) is 5.02 Å². The van der Waals surface area contributed by atoms with Crippen molar-refractivity contribution in [1.29, 1.82) is 0 Å². The van der Waals surface area contributed by atoms with Crippen LogP contribution in [0.15, 0.2) is 34.9 Å². The van der Waals surface area contributed by atoms with Crippen LogP contribution in [0.25, 0.3) is 11.0 Å². The van der Waals surface area contributed by atoms with Crippen LogP contribution in [0.4, 0.5) is 0 Å². The third kappa shape index (κ3) is 0.711. The third-order valence-corrected chi connectivity index (χ3v) is 1.73. The molecule has 0 unspecified atom stereocenters. The number of hydrogen-bond acceptors (Lipinski definition) is 1. The number of para-hydroxylation sites is 1. The van der Waals surface area contributed by atoms with Gasteiger partial charge >= 0.3 is 0 Å². The van der Waals surface area contributed by atoms with Crippen LogP contribution in [-0.4, -0.2) is 0 Å². The summed E-state index contributed by atoms with van der Waals surface area (Å²) >= 11 is 5.80. The van der Waals surface area contributed by atoms with Gasteiger partial charge in [-0.25, -0.2) is 0 Å². The Labute approximate surface area is 63.2 Å². The van der Waals surface area contributed by atoms with Crippen molar-refractivity contribution in [1.82, 2.24) is 0 Å². The molecule has 0 spiro atoms. The molecule has 1 aromatic carbocycles. The Morgan fingerprint density at radius 1 is 1.20 bits per heavy atom. The van der Waals surface area contributed by atoms with Gasteiger partial charge in [-0.3, -0.25) is 0 Å². The second-order valence-electron chi connectivity index (χ2n) is 2.08. The first-order valence-corrected chi connectivity index (χ1v) is 3.37. The molecule has 0 aliphatic carbocycles. The fourth-order valence-electron chi connectivity index (χ4n) is 0.956. The fourth-order valence-corrected chi connectivity index (χ4v) is 1.18. The maximum Gasteiger partial charge on any atom is 0.152 e. The lowest BCUT2D eigenvalue weighted by atomic mass is 10.3. The Bertz CT molecular complexity index is 351. The summed E-state index contributed by atoms with van der Waals surface area (Å²) in [5, 5.41) is 1.72. The smallest absolute Gasteiger partial charge is 0.152 e. The van der Waals surface area contributed by atoms with Gasteiger partial charge < -0.3 is 4.42 Å². The van der Waals surface area contributed by atoms with Gasteiger partial charge in [-0.1, -0.05) is 23.7 Å². The van der Waals surface area contributed by atoms with Crippen molar-refractivity contribution in [2.45, 2.75) is 0 Å². The van der Waals surface area contributed by atoms with Gasteiger partial charge in [0.15, 0.2) is 5.58 Å². The van der Waals surface area contributed by atoms with E-state index in [2.05, 4.69) is 0 Å². The minimum absolute atomic E-state index is 0.669. The Morgan fingerprint density at radius 3 is 2.90 bits per heavy atom. The molecule has 2 rings (SSSR count). The van der Waals surface area contributed by atoms with Gasteiger partial charge in [0.25, 0.3) is 0 Å². The molecule has 10 heavy (non-hydrogen) atoms. The van der Waals surface area contributed by atoms with Crippen LogP contribution < -0.4 is 0 Å². The summed E-state index contributed by atoms with van der Waals surface area (Å²) in [5.74, 6) is 0. The summed E-state index contributed by atoms with van der Waals surface area (Å²) in [5.41, 5.74) is 0.768. The van der Waals surface area contributed by atoms with E-state index >= 15 is 0 Å². The molecule has 0 saturated carbocycles. The van der Waals surface area contributed by atoms with Crippen molar-refractivity contribution in [3.63, 3.8) is 0 Å². The van der Waals surface area contributed by atoms with Gasteiger partial charge in [0.1, 0.15) is 0 Å². The average molecular weight is 153 g/mol. The Morgan fingerprint density at radius 2 is 2.10 bits per heavy atom. The number of halogens is 1. The topological polar surface area (TPSA) is 13.1 Å². The van der Waals surface area contributed by atoms with Crippen LogP contribution >= 0.6 is 11.6 Å². The van der Waals surface area contributed by atoms with E-state index in [0.717, 1.165) is 11.0 Å². The SMILES string of the molecule is Clc1cccc2ccoc12. The molecular formula is C8H5ClO. The molecule has 0 amide bonds. The van der Waals surface area contributed by atoms with E-state index in [-0.39, 0.29) is 0 Å². The average Bonchev–Trinajstić information content (AvgIpc) is 2.36. The van der Waals surface area contributed by atoms with Crippen molar-refractivity contribution in [3.8, 4) is 0 Å². The lowest BCUT2D eigenvalue weighted by Crippen LogP contribution is -1.63. The van der Waals surface area contributed by atoms with Crippen molar-refractivity contribution >= 4 is 22.6 Å². The molecule has 0 saturated heterocycles. The second kappa shape index (κ2) is 2.03. The Kier molecular flexibility index (Phi) is 1.18. The Hall–Kier alpha value is -0.950. The van der Waals surface area contributed by atoms with Gasteiger partial charge in [-0.15, -0.1) is 0 Å². The van der Waals surface area contributed by atoms with E-state index in [4.69, 9.17) is 16.0 Å². The Balaban J connectivity index is 2.95.